The Labute approximate surface area is 166 Å². The van der Waals surface area contributed by atoms with Crippen LogP contribution in [0.2, 0.25) is 10.0 Å². The van der Waals surface area contributed by atoms with Crippen LogP contribution in [0.15, 0.2) is 41.3 Å². The van der Waals surface area contributed by atoms with Crippen LogP contribution in [0.5, 0.6) is 5.75 Å². The summed E-state index contributed by atoms with van der Waals surface area (Å²) in [7, 11) is -3.10. The van der Waals surface area contributed by atoms with Crippen LogP contribution in [0.3, 0.4) is 0 Å². The zero-order valence-corrected chi connectivity index (χ0v) is 16.7. The molecule has 0 aliphatic carbocycles. The van der Waals surface area contributed by atoms with Gasteiger partial charge >= 0.3 is 5.97 Å². The molecule has 0 radical (unpaired) electrons. The minimum Gasteiger partial charge on any atom is -0.495 e. The van der Waals surface area contributed by atoms with Gasteiger partial charge in [-0.25, -0.2) is 12.8 Å². The molecule has 2 aromatic carbocycles. The third-order valence-corrected chi connectivity index (χ3v) is 6.28. The molecule has 0 aliphatic rings. The van der Waals surface area contributed by atoms with Crippen LogP contribution in [0.4, 0.5) is 10.1 Å². The van der Waals surface area contributed by atoms with Gasteiger partial charge in [0.1, 0.15) is 28.0 Å². The lowest BCUT2D eigenvalue weighted by molar-refractivity contribution is -0.141. The predicted octanol–water partition coefficient (Wildman–Crippen LogP) is 3.90. The largest absolute Gasteiger partial charge is 0.495 e. The molecule has 6 nitrogen and oxygen atoms in total. The molecule has 2 rings (SSSR count). The molecule has 146 valence electrons. The molecule has 2 aromatic rings. The van der Waals surface area contributed by atoms with Crippen LogP contribution in [0, 0.1) is 5.82 Å². The number of hydrogen-bond donors (Lipinski definition) is 0. The highest BCUT2D eigenvalue weighted by atomic mass is 35.5. The lowest BCUT2D eigenvalue weighted by atomic mass is 10.3. The van der Waals surface area contributed by atoms with Gasteiger partial charge in [-0.1, -0.05) is 35.3 Å². The lowest BCUT2D eigenvalue weighted by Crippen LogP contribution is -2.37. The van der Waals surface area contributed by atoms with E-state index >= 15 is 0 Å². The van der Waals surface area contributed by atoms with E-state index in [-0.39, 0.29) is 28.1 Å². The monoisotopic (exact) mass is 435 g/mol. The first-order valence-electron chi connectivity index (χ1n) is 7.68. The van der Waals surface area contributed by atoms with Crippen molar-refractivity contribution in [2.75, 3.05) is 24.6 Å². The Balaban J connectivity index is 2.62. The molecule has 0 N–H and O–H groups in total. The van der Waals surface area contributed by atoms with E-state index in [1.807, 2.05) is 0 Å². The second-order valence-corrected chi connectivity index (χ2v) is 7.75. The number of nitrogens with zero attached hydrogens (tertiary/aromatic N) is 1. The number of carbonyl (C=O) groups is 1. The zero-order chi connectivity index (χ0) is 20.2. The van der Waals surface area contributed by atoms with E-state index in [1.165, 1.54) is 37.4 Å². The Hall–Kier alpha value is -2.03. The van der Waals surface area contributed by atoms with Gasteiger partial charge in [-0.15, -0.1) is 0 Å². The van der Waals surface area contributed by atoms with Gasteiger partial charge in [0, 0.05) is 0 Å². The summed E-state index contributed by atoms with van der Waals surface area (Å²) in [4.78, 5) is 11.5. The molecule has 0 fully saturated rings. The molecule has 0 amide bonds. The minimum absolute atomic E-state index is 0.0408. The second kappa shape index (κ2) is 8.77. The Kier molecular flexibility index (Phi) is 6.91. The summed E-state index contributed by atoms with van der Waals surface area (Å²) < 4.78 is 51.0. The Bertz CT molecular complexity index is 952. The van der Waals surface area contributed by atoms with Crippen LogP contribution >= 0.6 is 23.2 Å². The average molecular weight is 436 g/mol. The molecular formula is C17H16Cl2FNO5S. The lowest BCUT2D eigenvalue weighted by Gasteiger charge is -2.24. The van der Waals surface area contributed by atoms with Crippen molar-refractivity contribution in [3.05, 3.63) is 52.3 Å². The van der Waals surface area contributed by atoms with Gasteiger partial charge in [0.2, 0.25) is 0 Å². The van der Waals surface area contributed by atoms with Crippen LogP contribution in [-0.2, 0) is 19.6 Å². The molecule has 0 aromatic heterocycles. The number of para-hydroxylation sites is 1. The summed E-state index contributed by atoms with van der Waals surface area (Å²) in [5.74, 6) is -1.51. The highest BCUT2D eigenvalue weighted by Crippen LogP contribution is 2.38. The fourth-order valence-corrected chi connectivity index (χ4v) is 4.50. The average Bonchev–Trinajstić information content (AvgIpc) is 2.62. The number of carbonyl (C=O) groups excluding carboxylic acids is 1. The third kappa shape index (κ3) is 4.45. The number of methoxy groups -OCH3 is 1. The van der Waals surface area contributed by atoms with E-state index in [4.69, 9.17) is 32.7 Å². The minimum atomic E-state index is -4.45. The highest BCUT2D eigenvalue weighted by molar-refractivity contribution is 7.93. The van der Waals surface area contributed by atoms with E-state index in [0.717, 1.165) is 6.07 Å². The van der Waals surface area contributed by atoms with Crippen molar-refractivity contribution in [1.29, 1.82) is 0 Å². The number of hydrogen-bond acceptors (Lipinski definition) is 5. The number of anilines is 1. The first-order valence-corrected chi connectivity index (χ1v) is 9.88. The van der Waals surface area contributed by atoms with Gasteiger partial charge in [0.25, 0.3) is 10.0 Å². The Morgan fingerprint density at radius 2 is 1.81 bits per heavy atom. The summed E-state index contributed by atoms with van der Waals surface area (Å²) in [6.45, 7) is 0.871. The van der Waals surface area contributed by atoms with Crippen molar-refractivity contribution in [1.82, 2.24) is 0 Å². The van der Waals surface area contributed by atoms with Crippen LogP contribution < -0.4 is 9.04 Å². The van der Waals surface area contributed by atoms with Crippen LogP contribution in [0.25, 0.3) is 0 Å². The van der Waals surface area contributed by atoms with Crippen molar-refractivity contribution in [2.45, 2.75) is 11.8 Å². The Morgan fingerprint density at radius 3 is 2.41 bits per heavy atom. The molecule has 10 heteroatoms. The normalized spacial score (nSPS) is 11.1. The summed E-state index contributed by atoms with van der Waals surface area (Å²) in [6, 6.07) is 7.61. The fraction of sp³-hybridized carbons (Fsp3) is 0.235. The second-order valence-electron chi connectivity index (χ2n) is 5.16. The molecule has 0 heterocycles. The summed E-state index contributed by atoms with van der Waals surface area (Å²) in [5.41, 5.74) is -0.325. The van der Waals surface area contributed by atoms with Crippen molar-refractivity contribution >= 4 is 44.9 Å². The van der Waals surface area contributed by atoms with Crippen molar-refractivity contribution < 1.29 is 27.1 Å². The molecule has 0 bridgehead atoms. The molecule has 0 spiro atoms. The summed E-state index contributed by atoms with van der Waals surface area (Å²) in [6.07, 6.45) is 0. The molecule has 27 heavy (non-hydrogen) atoms. The van der Waals surface area contributed by atoms with Gasteiger partial charge in [-0.2, -0.15) is 0 Å². The number of sulfonamides is 1. The van der Waals surface area contributed by atoms with Gasteiger partial charge in [0.05, 0.1) is 24.4 Å². The van der Waals surface area contributed by atoms with Crippen molar-refractivity contribution in [3.63, 3.8) is 0 Å². The standard InChI is InChI=1S/C17H16Cl2FNO5S/c1-3-26-15(22)10-21(12-7-5-4-6-11(12)20)27(23,24)14-9-8-13(25-2)16(18)17(14)19/h4-9H,3,10H2,1-2H3. The first kappa shape index (κ1) is 21.3. The molecule has 0 saturated carbocycles. The molecular weight excluding hydrogens is 420 g/mol. The predicted molar refractivity (Wildman–Crippen MR) is 101 cm³/mol. The maximum atomic E-state index is 14.3. The number of esters is 1. The molecule has 0 atom stereocenters. The smallest absolute Gasteiger partial charge is 0.326 e. The Morgan fingerprint density at radius 1 is 1.15 bits per heavy atom. The third-order valence-electron chi connectivity index (χ3n) is 3.50. The number of ether oxygens (including phenoxy) is 2. The van der Waals surface area contributed by atoms with Gasteiger partial charge < -0.3 is 9.47 Å². The fourth-order valence-electron chi connectivity index (χ4n) is 2.27. The van der Waals surface area contributed by atoms with Gasteiger partial charge in [-0.05, 0) is 31.2 Å². The summed E-state index contributed by atoms with van der Waals surface area (Å²) in [5, 5.41) is -0.425. The SMILES string of the molecule is CCOC(=O)CN(c1ccccc1F)S(=O)(=O)c1ccc(OC)c(Cl)c1Cl. The summed E-state index contributed by atoms with van der Waals surface area (Å²) >= 11 is 12.1. The topological polar surface area (TPSA) is 72.9 Å². The van der Waals surface area contributed by atoms with E-state index in [0.29, 0.717) is 4.31 Å². The maximum Gasteiger partial charge on any atom is 0.326 e. The van der Waals surface area contributed by atoms with E-state index in [9.17, 15) is 17.6 Å². The van der Waals surface area contributed by atoms with E-state index in [2.05, 4.69) is 0 Å². The van der Waals surface area contributed by atoms with Gasteiger partial charge in [-0.3, -0.25) is 9.10 Å². The van der Waals surface area contributed by atoms with Crippen LogP contribution in [-0.4, -0.2) is 34.6 Å². The quantitative estimate of drug-likeness (QED) is 0.616. The van der Waals surface area contributed by atoms with E-state index < -0.39 is 33.3 Å². The number of rotatable bonds is 7. The highest BCUT2D eigenvalue weighted by Gasteiger charge is 2.32. The number of benzene rings is 2. The van der Waals surface area contributed by atoms with Gasteiger partial charge in [0.15, 0.2) is 0 Å². The zero-order valence-electron chi connectivity index (χ0n) is 14.4. The number of halogens is 3. The van der Waals surface area contributed by atoms with Crippen molar-refractivity contribution in [3.8, 4) is 5.75 Å². The maximum absolute atomic E-state index is 14.3. The molecule has 0 unspecified atom stereocenters. The molecule has 0 aliphatic heterocycles. The molecule has 0 saturated heterocycles. The first-order chi connectivity index (χ1) is 12.7. The van der Waals surface area contributed by atoms with Crippen LogP contribution in [0.1, 0.15) is 6.92 Å². The van der Waals surface area contributed by atoms with E-state index in [1.54, 1.807) is 6.92 Å². The van der Waals surface area contributed by atoms with Crippen molar-refractivity contribution in [2.24, 2.45) is 0 Å².